The first kappa shape index (κ1) is 15.9. The van der Waals surface area contributed by atoms with Gasteiger partial charge in [0, 0.05) is 45.8 Å². The second-order valence-electron chi connectivity index (χ2n) is 2.17. The molecule has 0 aromatic rings. The molecule has 0 unspecified atom stereocenters. The van der Waals surface area contributed by atoms with E-state index in [1.54, 1.807) is 4.90 Å². The molecule has 13 heavy (non-hydrogen) atoms. The van der Waals surface area contributed by atoms with E-state index in [2.05, 4.69) is 0 Å². The molecule has 1 saturated heterocycles. The Labute approximate surface area is 105 Å². The van der Waals surface area contributed by atoms with Gasteiger partial charge < -0.3 is 15.4 Å². The van der Waals surface area contributed by atoms with Crippen LogP contribution in [0, 0.1) is 0 Å². The Morgan fingerprint density at radius 3 is 2.23 bits per heavy atom. The van der Waals surface area contributed by atoms with Gasteiger partial charge in [0.2, 0.25) is 5.91 Å². The monoisotopic (exact) mass is 262 g/mol. The molecule has 1 fully saturated rings. The zero-order valence-corrected chi connectivity index (χ0v) is 11.2. The van der Waals surface area contributed by atoms with Crippen molar-refractivity contribution < 1.29 is 42.2 Å². The third-order valence-electron chi connectivity index (χ3n) is 1.52. The van der Waals surface area contributed by atoms with E-state index in [4.69, 9.17) is 10.5 Å². The molecule has 1 amide bonds. The number of nitrogens with one attached hydrogen (secondary N) is 1. The molecule has 1 heterocycles. The third kappa shape index (κ3) is 6.55. The molecule has 1 radical (unpaired) electrons. The molecular formula is C8H17N2O2Y-. The van der Waals surface area contributed by atoms with E-state index in [1.807, 2.05) is 13.8 Å². The zero-order chi connectivity index (χ0) is 9.40. The molecule has 1 rings (SSSR count). The summed E-state index contributed by atoms with van der Waals surface area (Å²) in [5, 5.41) is 0. The molecule has 0 saturated carbocycles. The first-order chi connectivity index (χ1) is 5.84. The molecule has 0 atom stereocenters. The van der Waals surface area contributed by atoms with Crippen molar-refractivity contribution in [3.63, 3.8) is 0 Å². The number of nitrogens with zero attached hydrogens (tertiary/aromatic N) is 1. The zero-order valence-electron chi connectivity index (χ0n) is 8.38. The van der Waals surface area contributed by atoms with Crippen LogP contribution in [-0.2, 0) is 42.2 Å². The smallest absolute Gasteiger partial charge is 0.201 e. The topological polar surface area (TPSA) is 53.3 Å². The third-order valence-corrected chi connectivity index (χ3v) is 1.52. The molecule has 1 N–H and O–H groups in total. The van der Waals surface area contributed by atoms with E-state index in [9.17, 15) is 4.79 Å². The number of ether oxygens (including phenoxy) is 1. The molecule has 0 spiro atoms. The molecule has 0 bridgehead atoms. The normalized spacial score (nSPS) is 15.2. The summed E-state index contributed by atoms with van der Waals surface area (Å²) in [4.78, 5) is 12.5. The number of rotatable bonds is 1. The number of amides is 1. The Morgan fingerprint density at radius 2 is 1.85 bits per heavy atom. The van der Waals surface area contributed by atoms with Gasteiger partial charge in [0.15, 0.2) is 0 Å². The van der Waals surface area contributed by atoms with Crippen LogP contribution in [-0.4, -0.2) is 43.7 Å². The van der Waals surface area contributed by atoms with Gasteiger partial charge in [-0.05, 0) is 0 Å². The summed E-state index contributed by atoms with van der Waals surface area (Å²) >= 11 is 0. The minimum absolute atomic E-state index is 0. The summed E-state index contributed by atoms with van der Waals surface area (Å²) in [6.45, 7) is 6.40. The molecule has 1 aliphatic heterocycles. The summed E-state index contributed by atoms with van der Waals surface area (Å²) in [7, 11) is 0. The van der Waals surface area contributed by atoms with Gasteiger partial charge in [-0.25, -0.2) is 0 Å². The summed E-state index contributed by atoms with van der Waals surface area (Å²) < 4.78 is 5.04. The van der Waals surface area contributed by atoms with Crippen molar-refractivity contribution in [1.29, 1.82) is 0 Å². The summed E-state index contributed by atoms with van der Waals surface area (Å²) in [6.07, 6.45) is 0. The predicted molar refractivity (Wildman–Crippen MR) is 47.9 cm³/mol. The molecule has 0 aromatic carbocycles. The van der Waals surface area contributed by atoms with Crippen LogP contribution in [0.15, 0.2) is 0 Å². The van der Waals surface area contributed by atoms with Gasteiger partial charge in [-0.2, -0.15) is 0 Å². The van der Waals surface area contributed by atoms with E-state index in [0.29, 0.717) is 26.3 Å². The molecule has 4 nitrogen and oxygen atoms in total. The molecule has 0 aliphatic carbocycles. The maximum Gasteiger partial charge on any atom is 0.201 e. The van der Waals surface area contributed by atoms with Crippen LogP contribution in [0.5, 0.6) is 0 Å². The van der Waals surface area contributed by atoms with Gasteiger partial charge in [0.1, 0.15) is 0 Å². The SMILES string of the molecule is CC.[NH-]CC(=O)N1CCOCC1.[Y]. The summed E-state index contributed by atoms with van der Waals surface area (Å²) in [6, 6.07) is 0. The molecule has 5 heteroatoms. The van der Waals surface area contributed by atoms with Gasteiger partial charge in [0.25, 0.3) is 0 Å². The van der Waals surface area contributed by atoms with Crippen LogP contribution in [0.25, 0.3) is 5.73 Å². The second kappa shape index (κ2) is 10.6. The molecule has 0 aromatic heterocycles. The van der Waals surface area contributed by atoms with E-state index < -0.39 is 0 Å². The van der Waals surface area contributed by atoms with Gasteiger partial charge >= 0.3 is 0 Å². The fourth-order valence-electron chi connectivity index (χ4n) is 0.925. The number of carbonyl (C=O) groups excluding carboxylic acids is 1. The van der Waals surface area contributed by atoms with E-state index in [1.165, 1.54) is 0 Å². The van der Waals surface area contributed by atoms with Crippen LogP contribution in [0.3, 0.4) is 0 Å². The van der Waals surface area contributed by atoms with Crippen LogP contribution in [0.4, 0.5) is 0 Å². The number of hydrogen-bond acceptors (Lipinski definition) is 2. The maximum atomic E-state index is 10.8. The van der Waals surface area contributed by atoms with Crippen molar-refractivity contribution in [2.24, 2.45) is 0 Å². The first-order valence-electron chi connectivity index (χ1n) is 4.34. The first-order valence-corrected chi connectivity index (χ1v) is 4.34. The van der Waals surface area contributed by atoms with Crippen LogP contribution in [0.2, 0.25) is 0 Å². The van der Waals surface area contributed by atoms with E-state index >= 15 is 0 Å². The van der Waals surface area contributed by atoms with E-state index in [-0.39, 0.29) is 45.2 Å². The molecule has 1 aliphatic rings. The molecular weight excluding hydrogens is 245 g/mol. The standard InChI is InChI=1S/C6H11N2O2.C2H6.Y/c7-5-6(9)8-1-3-10-4-2-8;1-2;/h7H,1-5H2;1-2H3;/q-1;;. The summed E-state index contributed by atoms with van der Waals surface area (Å²) in [5.41, 5.74) is 6.81. The average Bonchev–Trinajstić information content (AvgIpc) is 2.21. The van der Waals surface area contributed by atoms with Crippen molar-refractivity contribution in [2.45, 2.75) is 13.8 Å². The van der Waals surface area contributed by atoms with Crippen molar-refractivity contribution in [3.05, 3.63) is 5.73 Å². The number of morpholine rings is 1. The van der Waals surface area contributed by atoms with Crippen molar-refractivity contribution >= 4 is 5.91 Å². The number of carbonyl (C=O) groups is 1. The minimum atomic E-state index is -0.139. The quantitative estimate of drug-likeness (QED) is 0.705. The van der Waals surface area contributed by atoms with Gasteiger partial charge in [-0.1, -0.05) is 20.4 Å². The largest absolute Gasteiger partial charge is 0.670 e. The average molecular weight is 262 g/mol. The van der Waals surface area contributed by atoms with Crippen molar-refractivity contribution in [1.82, 2.24) is 4.90 Å². The Kier molecular flexibility index (Phi) is 13.0. The van der Waals surface area contributed by atoms with Crippen LogP contribution in [0.1, 0.15) is 13.8 Å². The van der Waals surface area contributed by atoms with Gasteiger partial charge in [0.05, 0.1) is 13.2 Å². The Bertz CT molecular complexity index is 127. The second-order valence-corrected chi connectivity index (χ2v) is 2.17. The van der Waals surface area contributed by atoms with Crippen LogP contribution < -0.4 is 0 Å². The van der Waals surface area contributed by atoms with Crippen molar-refractivity contribution in [3.8, 4) is 0 Å². The van der Waals surface area contributed by atoms with Gasteiger partial charge in [-0.3, -0.25) is 4.79 Å². The minimum Gasteiger partial charge on any atom is -0.670 e. The summed E-state index contributed by atoms with van der Waals surface area (Å²) in [5.74, 6) is -0.0942. The Morgan fingerprint density at radius 1 is 1.38 bits per heavy atom. The van der Waals surface area contributed by atoms with Gasteiger partial charge in [-0.15, -0.1) is 0 Å². The fraction of sp³-hybridized carbons (Fsp3) is 0.875. The van der Waals surface area contributed by atoms with Crippen LogP contribution >= 0.6 is 0 Å². The van der Waals surface area contributed by atoms with Crippen molar-refractivity contribution in [2.75, 3.05) is 32.8 Å². The Balaban J connectivity index is 0. The Hall–Kier alpha value is 0.494. The maximum absolute atomic E-state index is 10.8. The number of hydrogen-bond donors (Lipinski definition) is 0. The molecule has 75 valence electrons. The predicted octanol–water partition coefficient (Wildman–Crippen LogP) is 0.921. The fourth-order valence-corrected chi connectivity index (χ4v) is 0.925. The van der Waals surface area contributed by atoms with E-state index in [0.717, 1.165) is 0 Å².